The van der Waals surface area contributed by atoms with E-state index in [1.807, 2.05) is 0 Å². The van der Waals surface area contributed by atoms with E-state index in [0.29, 0.717) is 5.56 Å². The van der Waals surface area contributed by atoms with Gasteiger partial charge in [0.15, 0.2) is 0 Å². The van der Waals surface area contributed by atoms with Crippen LogP contribution in [0, 0.1) is 17.0 Å². The summed E-state index contributed by atoms with van der Waals surface area (Å²) >= 11 is 0. The normalized spacial score (nSPS) is 13.4. The molecule has 0 saturated carbocycles. The number of aromatic nitrogens is 1. The van der Waals surface area contributed by atoms with Crippen LogP contribution in [0.4, 0.5) is 5.69 Å². The lowest BCUT2D eigenvalue weighted by Crippen LogP contribution is -2.21. The molecular formula is C10H13N5O4. The van der Waals surface area contributed by atoms with E-state index in [0.717, 1.165) is 6.20 Å². The van der Waals surface area contributed by atoms with Gasteiger partial charge in [-0.1, -0.05) is 5.11 Å². The molecule has 2 unspecified atom stereocenters. The summed E-state index contributed by atoms with van der Waals surface area (Å²) in [7, 11) is 0. The van der Waals surface area contributed by atoms with E-state index < -0.39 is 17.1 Å². The van der Waals surface area contributed by atoms with E-state index in [4.69, 9.17) is 5.53 Å². The third-order valence-corrected chi connectivity index (χ3v) is 2.55. The second kappa shape index (κ2) is 6.64. The van der Waals surface area contributed by atoms with Crippen LogP contribution in [-0.2, 0) is 0 Å². The van der Waals surface area contributed by atoms with Crippen molar-refractivity contribution in [3.8, 4) is 0 Å². The van der Waals surface area contributed by atoms with Gasteiger partial charge in [-0.3, -0.25) is 15.1 Å². The number of hydrogen-bond acceptors (Lipinski definition) is 6. The van der Waals surface area contributed by atoms with Crippen molar-refractivity contribution in [2.75, 3.05) is 6.54 Å². The van der Waals surface area contributed by atoms with Crippen molar-refractivity contribution in [2.45, 2.75) is 25.6 Å². The number of aliphatic hydroxyl groups excluding tert-OH is 2. The Morgan fingerprint density at radius 3 is 2.84 bits per heavy atom. The van der Waals surface area contributed by atoms with Crippen molar-refractivity contribution in [1.29, 1.82) is 0 Å². The second-order valence-electron chi connectivity index (χ2n) is 3.91. The van der Waals surface area contributed by atoms with E-state index in [9.17, 15) is 20.3 Å². The second-order valence-corrected chi connectivity index (χ2v) is 3.91. The Morgan fingerprint density at radius 2 is 2.32 bits per heavy atom. The van der Waals surface area contributed by atoms with Crippen LogP contribution in [0.5, 0.6) is 0 Å². The predicted molar refractivity (Wildman–Crippen MR) is 65.2 cm³/mol. The highest BCUT2D eigenvalue weighted by molar-refractivity contribution is 5.34. The first-order valence-electron chi connectivity index (χ1n) is 5.45. The molecule has 0 aliphatic carbocycles. The molecule has 0 aromatic carbocycles. The number of aliphatic hydroxyl groups is 2. The minimum atomic E-state index is -1.28. The Balaban J connectivity index is 2.84. The minimum absolute atomic E-state index is 0.0424. The van der Waals surface area contributed by atoms with Gasteiger partial charge < -0.3 is 10.2 Å². The Hall–Kier alpha value is -2.22. The number of hydrogen-bond donors (Lipinski definition) is 2. The first kappa shape index (κ1) is 14.8. The molecule has 0 fully saturated rings. The fourth-order valence-electron chi connectivity index (χ4n) is 1.55. The standard InChI is InChI=1S/C10H13N5O4/c1-6-4-7(15(18)19)5-12-9(6)10(17)8(16)2-3-13-14-11/h4-5,8,10,16-17H,2-3H2,1H3. The maximum Gasteiger partial charge on any atom is 0.287 e. The molecule has 102 valence electrons. The summed E-state index contributed by atoms with van der Waals surface area (Å²) in [6.45, 7) is 1.60. The highest BCUT2D eigenvalue weighted by Gasteiger charge is 2.22. The van der Waals surface area contributed by atoms with Crippen LogP contribution < -0.4 is 0 Å². The summed E-state index contributed by atoms with van der Waals surface area (Å²) in [5.74, 6) is 0. The molecule has 2 N–H and O–H groups in total. The molecule has 9 nitrogen and oxygen atoms in total. The van der Waals surface area contributed by atoms with Crippen molar-refractivity contribution < 1.29 is 15.1 Å². The minimum Gasteiger partial charge on any atom is -0.390 e. The van der Waals surface area contributed by atoms with Crippen molar-refractivity contribution in [3.63, 3.8) is 0 Å². The molecular weight excluding hydrogens is 254 g/mol. The predicted octanol–water partition coefficient (Wildman–Crippen LogP) is 1.39. The monoisotopic (exact) mass is 267 g/mol. The topological polar surface area (TPSA) is 145 Å². The smallest absolute Gasteiger partial charge is 0.287 e. The van der Waals surface area contributed by atoms with E-state index in [1.165, 1.54) is 6.07 Å². The largest absolute Gasteiger partial charge is 0.390 e. The zero-order valence-electron chi connectivity index (χ0n) is 10.2. The zero-order valence-corrected chi connectivity index (χ0v) is 10.2. The third kappa shape index (κ3) is 3.88. The Labute approximate surface area is 108 Å². The highest BCUT2D eigenvalue weighted by Crippen LogP contribution is 2.23. The molecule has 2 atom stereocenters. The van der Waals surface area contributed by atoms with Gasteiger partial charge >= 0.3 is 0 Å². The Morgan fingerprint density at radius 1 is 1.63 bits per heavy atom. The van der Waals surface area contributed by atoms with E-state index >= 15 is 0 Å². The van der Waals surface area contributed by atoms with Crippen molar-refractivity contribution in [1.82, 2.24) is 4.98 Å². The fraction of sp³-hybridized carbons (Fsp3) is 0.500. The van der Waals surface area contributed by atoms with Gasteiger partial charge in [-0.15, -0.1) is 0 Å². The van der Waals surface area contributed by atoms with Gasteiger partial charge in [-0.05, 0) is 24.4 Å². The maximum atomic E-state index is 10.5. The van der Waals surface area contributed by atoms with Gasteiger partial charge in [0, 0.05) is 17.5 Å². The molecule has 1 aromatic rings. The number of nitro groups is 1. The molecule has 1 rings (SSSR count). The lowest BCUT2D eigenvalue weighted by Gasteiger charge is -2.17. The van der Waals surface area contributed by atoms with Gasteiger partial charge in [0.1, 0.15) is 12.3 Å². The van der Waals surface area contributed by atoms with E-state index in [-0.39, 0.29) is 24.3 Å². The Kier molecular flexibility index (Phi) is 5.19. The number of pyridine rings is 1. The molecule has 0 amide bonds. The summed E-state index contributed by atoms with van der Waals surface area (Å²) in [5.41, 5.74) is 8.49. The summed E-state index contributed by atoms with van der Waals surface area (Å²) in [6, 6.07) is 1.27. The first-order chi connectivity index (χ1) is 8.97. The summed E-state index contributed by atoms with van der Waals surface area (Å²) in [5, 5.41) is 33.4. The lowest BCUT2D eigenvalue weighted by atomic mass is 10.0. The average Bonchev–Trinajstić information content (AvgIpc) is 2.37. The van der Waals surface area contributed by atoms with Gasteiger partial charge in [-0.2, -0.15) is 0 Å². The molecule has 0 radical (unpaired) electrons. The van der Waals surface area contributed by atoms with E-state index in [1.54, 1.807) is 6.92 Å². The van der Waals surface area contributed by atoms with Gasteiger partial charge in [-0.25, -0.2) is 0 Å². The third-order valence-electron chi connectivity index (χ3n) is 2.55. The summed E-state index contributed by atoms with van der Waals surface area (Å²) < 4.78 is 0. The average molecular weight is 267 g/mol. The zero-order chi connectivity index (χ0) is 14.4. The molecule has 0 saturated heterocycles. The van der Waals surface area contributed by atoms with Crippen LogP contribution in [0.2, 0.25) is 0 Å². The number of azide groups is 1. The summed E-state index contributed by atoms with van der Waals surface area (Å²) in [4.78, 5) is 16.3. The number of nitrogens with zero attached hydrogens (tertiary/aromatic N) is 5. The highest BCUT2D eigenvalue weighted by atomic mass is 16.6. The van der Waals surface area contributed by atoms with Crippen molar-refractivity contribution >= 4 is 5.69 Å². The SMILES string of the molecule is Cc1cc([N+](=O)[O-])cnc1C(O)C(O)CCN=[N+]=[N-]. The number of rotatable bonds is 6. The van der Waals surface area contributed by atoms with Crippen molar-refractivity contribution in [3.05, 3.63) is 44.1 Å². The van der Waals surface area contributed by atoms with Crippen LogP contribution in [0.3, 0.4) is 0 Å². The molecule has 0 bridgehead atoms. The molecule has 19 heavy (non-hydrogen) atoms. The molecule has 1 heterocycles. The quantitative estimate of drug-likeness (QED) is 0.263. The maximum absolute atomic E-state index is 10.5. The number of aryl methyl sites for hydroxylation is 1. The summed E-state index contributed by atoms with van der Waals surface area (Å²) in [6.07, 6.45) is -1.34. The van der Waals surface area contributed by atoms with Gasteiger partial charge in [0.25, 0.3) is 5.69 Å². The van der Waals surface area contributed by atoms with Crippen LogP contribution in [0.15, 0.2) is 17.4 Å². The Bertz CT molecular complexity index is 515. The molecule has 0 spiro atoms. The van der Waals surface area contributed by atoms with E-state index in [2.05, 4.69) is 15.0 Å². The van der Waals surface area contributed by atoms with Crippen molar-refractivity contribution in [2.24, 2.45) is 5.11 Å². The first-order valence-corrected chi connectivity index (χ1v) is 5.45. The lowest BCUT2D eigenvalue weighted by molar-refractivity contribution is -0.385. The molecule has 0 aliphatic heterocycles. The fourth-order valence-corrected chi connectivity index (χ4v) is 1.55. The molecule has 0 aliphatic rings. The molecule has 1 aromatic heterocycles. The molecule has 9 heteroatoms. The van der Waals surface area contributed by atoms with Crippen LogP contribution >= 0.6 is 0 Å². The van der Waals surface area contributed by atoms with Crippen LogP contribution in [0.1, 0.15) is 23.8 Å². The van der Waals surface area contributed by atoms with Crippen LogP contribution in [0.25, 0.3) is 10.4 Å². The van der Waals surface area contributed by atoms with Gasteiger partial charge in [0.05, 0.1) is 16.7 Å². The van der Waals surface area contributed by atoms with Gasteiger partial charge in [0.2, 0.25) is 0 Å². The van der Waals surface area contributed by atoms with Crippen LogP contribution in [-0.4, -0.2) is 32.8 Å².